The van der Waals surface area contributed by atoms with Crippen molar-refractivity contribution in [1.82, 2.24) is 15.0 Å². The highest BCUT2D eigenvalue weighted by Gasteiger charge is 2.40. The summed E-state index contributed by atoms with van der Waals surface area (Å²) < 4.78 is 50.0. The second kappa shape index (κ2) is 5.60. The van der Waals surface area contributed by atoms with Gasteiger partial charge >= 0.3 is 6.18 Å². The molecule has 21 heavy (non-hydrogen) atoms. The highest BCUT2D eigenvalue weighted by Crippen LogP contribution is 2.35. The van der Waals surface area contributed by atoms with Gasteiger partial charge in [-0.3, -0.25) is 0 Å². The summed E-state index contributed by atoms with van der Waals surface area (Å²) in [6, 6.07) is 4.33. The standard InChI is InChI=1S/C12H12F3N3O3/c1-20-7-3-4-10(21-2)9(5-7)18-11(12(13,14)15)8(6-19)16-17-18/h3-5,19H,6H2,1-2H3. The number of hydrogen-bond donors (Lipinski definition) is 1. The van der Waals surface area contributed by atoms with Crippen LogP contribution < -0.4 is 9.47 Å². The predicted octanol–water partition coefficient (Wildman–Crippen LogP) is 1.80. The third-order valence-electron chi connectivity index (χ3n) is 2.77. The topological polar surface area (TPSA) is 69.4 Å². The van der Waals surface area contributed by atoms with Gasteiger partial charge in [-0.15, -0.1) is 5.10 Å². The molecule has 0 radical (unpaired) electrons. The number of aliphatic hydroxyl groups is 1. The molecule has 0 aliphatic rings. The number of aromatic nitrogens is 3. The summed E-state index contributed by atoms with van der Waals surface area (Å²) in [6.07, 6.45) is -4.73. The third-order valence-corrected chi connectivity index (χ3v) is 2.77. The first-order valence-electron chi connectivity index (χ1n) is 5.77. The minimum atomic E-state index is -4.73. The molecule has 1 aromatic carbocycles. The summed E-state index contributed by atoms with van der Waals surface area (Å²) in [4.78, 5) is 0. The number of rotatable bonds is 4. The maximum atomic E-state index is 13.1. The molecule has 0 amide bonds. The zero-order valence-corrected chi connectivity index (χ0v) is 11.2. The SMILES string of the molecule is COc1ccc(OC)c(-n2nnc(CO)c2C(F)(F)F)c1. The molecule has 0 bridgehead atoms. The molecular weight excluding hydrogens is 291 g/mol. The normalized spacial score (nSPS) is 11.5. The Balaban J connectivity index is 2.69. The Hall–Kier alpha value is -2.29. The minimum Gasteiger partial charge on any atom is -0.497 e. The van der Waals surface area contributed by atoms with E-state index in [1.54, 1.807) is 6.07 Å². The molecule has 0 fully saturated rings. The molecule has 0 spiro atoms. The summed E-state index contributed by atoms with van der Waals surface area (Å²) in [5, 5.41) is 15.8. The van der Waals surface area contributed by atoms with E-state index in [1.807, 2.05) is 0 Å². The molecule has 1 heterocycles. The van der Waals surface area contributed by atoms with Crippen molar-refractivity contribution in [3.63, 3.8) is 0 Å². The van der Waals surface area contributed by atoms with Crippen LogP contribution in [0.1, 0.15) is 11.4 Å². The van der Waals surface area contributed by atoms with Gasteiger partial charge in [0.1, 0.15) is 22.9 Å². The number of nitrogens with zero attached hydrogens (tertiary/aromatic N) is 3. The second-order valence-electron chi connectivity index (χ2n) is 3.99. The van der Waals surface area contributed by atoms with Crippen molar-refractivity contribution in [2.24, 2.45) is 0 Å². The molecule has 1 aromatic heterocycles. The van der Waals surface area contributed by atoms with Crippen molar-refractivity contribution < 1.29 is 27.8 Å². The van der Waals surface area contributed by atoms with E-state index in [-0.39, 0.29) is 11.4 Å². The summed E-state index contributed by atoms with van der Waals surface area (Å²) in [5.41, 5.74) is -1.71. The van der Waals surface area contributed by atoms with Gasteiger partial charge < -0.3 is 14.6 Å². The van der Waals surface area contributed by atoms with Crippen molar-refractivity contribution in [1.29, 1.82) is 0 Å². The second-order valence-corrected chi connectivity index (χ2v) is 3.99. The van der Waals surface area contributed by atoms with Crippen LogP contribution in [0.5, 0.6) is 11.5 Å². The van der Waals surface area contributed by atoms with Gasteiger partial charge in [-0.1, -0.05) is 5.21 Å². The van der Waals surface area contributed by atoms with Crippen LogP contribution in [0.2, 0.25) is 0 Å². The molecule has 114 valence electrons. The van der Waals surface area contributed by atoms with E-state index in [2.05, 4.69) is 10.3 Å². The zero-order valence-electron chi connectivity index (χ0n) is 11.2. The van der Waals surface area contributed by atoms with Crippen molar-refractivity contribution in [3.05, 3.63) is 29.6 Å². The smallest absolute Gasteiger partial charge is 0.435 e. The summed E-state index contributed by atoms with van der Waals surface area (Å²) >= 11 is 0. The van der Waals surface area contributed by atoms with Gasteiger partial charge in [0.2, 0.25) is 0 Å². The van der Waals surface area contributed by atoms with E-state index in [0.717, 1.165) is 0 Å². The maximum absolute atomic E-state index is 13.1. The Labute approximate surface area is 117 Å². The molecule has 0 saturated heterocycles. The minimum absolute atomic E-state index is 0.0105. The third kappa shape index (κ3) is 2.77. The molecule has 2 rings (SSSR count). The number of methoxy groups -OCH3 is 2. The molecule has 0 saturated carbocycles. The lowest BCUT2D eigenvalue weighted by Crippen LogP contribution is -2.16. The first kappa shape index (κ1) is 15.1. The van der Waals surface area contributed by atoms with Crippen LogP contribution in [0.4, 0.5) is 13.2 Å². The molecular formula is C12H12F3N3O3. The van der Waals surface area contributed by atoms with Gasteiger partial charge in [-0.2, -0.15) is 13.2 Å². The van der Waals surface area contributed by atoms with Crippen molar-refractivity contribution in [3.8, 4) is 17.2 Å². The Morgan fingerprint density at radius 3 is 2.48 bits per heavy atom. The Kier molecular flexibility index (Phi) is 4.03. The van der Waals surface area contributed by atoms with Gasteiger partial charge in [0.05, 0.1) is 20.8 Å². The molecule has 0 atom stereocenters. The van der Waals surface area contributed by atoms with Crippen LogP contribution in [0.15, 0.2) is 18.2 Å². The number of hydrogen-bond acceptors (Lipinski definition) is 5. The van der Waals surface area contributed by atoms with Crippen LogP contribution in [-0.2, 0) is 12.8 Å². The largest absolute Gasteiger partial charge is 0.497 e. The average molecular weight is 303 g/mol. The number of alkyl halides is 3. The van der Waals surface area contributed by atoms with Crippen molar-refractivity contribution >= 4 is 0 Å². The zero-order chi connectivity index (χ0) is 15.6. The van der Waals surface area contributed by atoms with Gasteiger partial charge in [0.15, 0.2) is 5.69 Å². The van der Waals surface area contributed by atoms with E-state index >= 15 is 0 Å². The summed E-state index contributed by atoms with van der Waals surface area (Å²) in [5.74, 6) is 0.496. The Morgan fingerprint density at radius 2 is 1.95 bits per heavy atom. The Morgan fingerprint density at radius 1 is 1.24 bits per heavy atom. The lowest BCUT2D eigenvalue weighted by Gasteiger charge is -2.14. The van der Waals surface area contributed by atoms with Gasteiger partial charge in [-0.05, 0) is 12.1 Å². The summed E-state index contributed by atoms with van der Waals surface area (Å²) in [6.45, 7) is -0.874. The molecule has 0 aliphatic heterocycles. The fourth-order valence-corrected chi connectivity index (χ4v) is 1.83. The number of aliphatic hydroxyl groups excluding tert-OH is 1. The van der Waals surface area contributed by atoms with Crippen molar-refractivity contribution in [2.45, 2.75) is 12.8 Å². The molecule has 9 heteroatoms. The highest BCUT2D eigenvalue weighted by atomic mass is 19.4. The quantitative estimate of drug-likeness (QED) is 0.932. The lowest BCUT2D eigenvalue weighted by molar-refractivity contribution is -0.144. The fraction of sp³-hybridized carbons (Fsp3) is 0.333. The maximum Gasteiger partial charge on any atom is 0.435 e. The van der Waals surface area contributed by atoms with Crippen molar-refractivity contribution in [2.75, 3.05) is 14.2 Å². The van der Waals surface area contributed by atoms with Crippen LogP contribution >= 0.6 is 0 Å². The van der Waals surface area contributed by atoms with Crippen LogP contribution in [-0.4, -0.2) is 34.3 Å². The molecule has 1 N–H and O–H groups in total. The lowest BCUT2D eigenvalue weighted by atomic mass is 10.2. The number of ether oxygens (including phenoxy) is 2. The monoisotopic (exact) mass is 303 g/mol. The van der Waals surface area contributed by atoms with E-state index in [0.29, 0.717) is 10.4 Å². The van der Waals surface area contributed by atoms with E-state index < -0.39 is 24.2 Å². The Bertz CT molecular complexity index is 640. The van der Waals surface area contributed by atoms with Crippen LogP contribution in [0.25, 0.3) is 5.69 Å². The molecule has 6 nitrogen and oxygen atoms in total. The summed E-state index contributed by atoms with van der Waals surface area (Å²) in [7, 11) is 2.71. The van der Waals surface area contributed by atoms with Gasteiger partial charge in [-0.25, -0.2) is 4.68 Å². The average Bonchev–Trinajstić information content (AvgIpc) is 2.90. The first-order chi connectivity index (χ1) is 9.92. The highest BCUT2D eigenvalue weighted by molar-refractivity contribution is 5.51. The molecule has 2 aromatic rings. The molecule has 0 aliphatic carbocycles. The van der Waals surface area contributed by atoms with E-state index in [9.17, 15) is 13.2 Å². The van der Waals surface area contributed by atoms with Crippen LogP contribution in [0.3, 0.4) is 0 Å². The van der Waals surface area contributed by atoms with Crippen LogP contribution in [0, 0.1) is 0 Å². The number of benzene rings is 1. The van der Waals surface area contributed by atoms with Gasteiger partial charge in [0.25, 0.3) is 0 Å². The molecule has 0 unspecified atom stereocenters. The number of halogens is 3. The van der Waals surface area contributed by atoms with E-state index in [1.165, 1.54) is 26.4 Å². The fourth-order valence-electron chi connectivity index (χ4n) is 1.83. The van der Waals surface area contributed by atoms with E-state index in [4.69, 9.17) is 14.6 Å². The predicted molar refractivity (Wildman–Crippen MR) is 65.4 cm³/mol. The first-order valence-corrected chi connectivity index (χ1v) is 5.77. The van der Waals surface area contributed by atoms with Gasteiger partial charge in [0, 0.05) is 6.07 Å².